The molecular formula is C23H35FO5S. The number of carbonyl (C=O) groups is 1. The number of ether oxygens (including phenoxy) is 1. The van der Waals surface area contributed by atoms with Crippen molar-refractivity contribution < 1.29 is 29.2 Å². The number of methoxy groups -OCH3 is 1. The number of benzene rings is 1. The van der Waals surface area contributed by atoms with E-state index in [4.69, 9.17) is 0 Å². The third-order valence-electron chi connectivity index (χ3n) is 6.02. The van der Waals surface area contributed by atoms with Crippen LogP contribution >= 0.6 is 11.8 Å². The Morgan fingerprint density at radius 2 is 1.80 bits per heavy atom. The summed E-state index contributed by atoms with van der Waals surface area (Å²) in [6.45, 7) is 0. The Morgan fingerprint density at radius 1 is 1.13 bits per heavy atom. The molecule has 30 heavy (non-hydrogen) atoms. The quantitative estimate of drug-likeness (QED) is 0.244. The zero-order valence-electron chi connectivity index (χ0n) is 17.7. The van der Waals surface area contributed by atoms with Crippen molar-refractivity contribution in [1.29, 1.82) is 0 Å². The molecule has 2 rings (SSSR count). The average molecular weight is 443 g/mol. The molecule has 1 fully saturated rings. The summed E-state index contributed by atoms with van der Waals surface area (Å²) < 4.78 is 18.3. The fraction of sp³-hybridized carbons (Fsp3) is 0.696. The van der Waals surface area contributed by atoms with Crippen molar-refractivity contribution >= 4 is 17.7 Å². The van der Waals surface area contributed by atoms with Crippen molar-refractivity contribution in [3.63, 3.8) is 0 Å². The van der Waals surface area contributed by atoms with Gasteiger partial charge < -0.3 is 20.1 Å². The summed E-state index contributed by atoms with van der Waals surface area (Å²) >= 11 is 1.30. The van der Waals surface area contributed by atoms with Gasteiger partial charge in [-0.2, -0.15) is 0 Å². The summed E-state index contributed by atoms with van der Waals surface area (Å²) in [5.74, 6) is -0.0565. The minimum Gasteiger partial charge on any atom is -0.469 e. The first-order valence-corrected chi connectivity index (χ1v) is 11.9. The number of hydrogen-bond donors (Lipinski definition) is 3. The van der Waals surface area contributed by atoms with Gasteiger partial charge in [-0.15, -0.1) is 11.8 Å². The van der Waals surface area contributed by atoms with Crippen molar-refractivity contribution in [3.8, 4) is 0 Å². The maximum atomic E-state index is 13.7. The molecule has 5 nitrogen and oxygen atoms in total. The van der Waals surface area contributed by atoms with Gasteiger partial charge in [0, 0.05) is 17.1 Å². The van der Waals surface area contributed by atoms with Crippen LogP contribution in [0.1, 0.15) is 57.8 Å². The van der Waals surface area contributed by atoms with Gasteiger partial charge in [0.2, 0.25) is 0 Å². The van der Waals surface area contributed by atoms with E-state index in [2.05, 4.69) is 4.74 Å². The maximum Gasteiger partial charge on any atom is 0.305 e. The van der Waals surface area contributed by atoms with Crippen LogP contribution in [0.3, 0.4) is 0 Å². The lowest BCUT2D eigenvalue weighted by atomic mass is 9.85. The van der Waals surface area contributed by atoms with E-state index in [0.29, 0.717) is 36.3 Å². The van der Waals surface area contributed by atoms with Crippen molar-refractivity contribution in [2.24, 2.45) is 11.8 Å². The van der Waals surface area contributed by atoms with Crippen molar-refractivity contribution in [1.82, 2.24) is 0 Å². The van der Waals surface area contributed by atoms with E-state index in [9.17, 15) is 24.5 Å². The summed E-state index contributed by atoms with van der Waals surface area (Å²) in [5.41, 5.74) is 0. The lowest BCUT2D eigenvalue weighted by Gasteiger charge is -2.24. The summed E-state index contributed by atoms with van der Waals surface area (Å²) in [6, 6.07) is 6.52. The van der Waals surface area contributed by atoms with E-state index in [1.54, 1.807) is 18.2 Å². The molecule has 0 aromatic heterocycles. The van der Waals surface area contributed by atoms with E-state index in [0.717, 1.165) is 32.1 Å². The molecule has 0 radical (unpaired) electrons. The van der Waals surface area contributed by atoms with E-state index in [1.807, 2.05) is 0 Å². The minimum absolute atomic E-state index is 0.0248. The van der Waals surface area contributed by atoms with Crippen molar-refractivity contribution in [3.05, 3.63) is 30.1 Å². The number of hydrogen-bond acceptors (Lipinski definition) is 6. The first-order chi connectivity index (χ1) is 14.4. The van der Waals surface area contributed by atoms with Crippen molar-refractivity contribution in [2.75, 3.05) is 12.9 Å². The van der Waals surface area contributed by atoms with Crippen LogP contribution < -0.4 is 0 Å². The smallest absolute Gasteiger partial charge is 0.305 e. The molecule has 1 saturated carbocycles. The normalized spacial score (nSPS) is 24.7. The second kappa shape index (κ2) is 13.3. The highest BCUT2D eigenvalue weighted by atomic mass is 32.2. The van der Waals surface area contributed by atoms with Gasteiger partial charge in [-0.05, 0) is 56.1 Å². The number of carbonyl (C=O) groups excluding carboxylic acids is 1. The molecule has 7 heteroatoms. The average Bonchev–Trinajstić information content (AvgIpc) is 3.00. The molecule has 0 heterocycles. The van der Waals surface area contributed by atoms with Gasteiger partial charge in [0.1, 0.15) is 5.82 Å². The highest BCUT2D eigenvalue weighted by Crippen LogP contribution is 2.39. The zero-order chi connectivity index (χ0) is 21.9. The van der Waals surface area contributed by atoms with Gasteiger partial charge >= 0.3 is 5.97 Å². The molecule has 0 saturated heterocycles. The number of thioether (sulfide) groups is 1. The lowest BCUT2D eigenvalue weighted by Crippen LogP contribution is -2.24. The first kappa shape index (κ1) is 25.1. The van der Waals surface area contributed by atoms with Gasteiger partial charge in [-0.25, -0.2) is 4.39 Å². The molecule has 170 valence electrons. The van der Waals surface area contributed by atoms with E-state index >= 15 is 0 Å². The highest BCUT2D eigenvalue weighted by molar-refractivity contribution is 7.99. The molecule has 2 unspecified atom stereocenters. The molecule has 0 amide bonds. The van der Waals surface area contributed by atoms with Crippen LogP contribution in [0, 0.1) is 17.7 Å². The van der Waals surface area contributed by atoms with Gasteiger partial charge in [0.25, 0.3) is 0 Å². The first-order valence-electron chi connectivity index (χ1n) is 10.9. The molecule has 5 atom stereocenters. The van der Waals surface area contributed by atoms with Gasteiger partial charge in [0.05, 0.1) is 25.4 Å². The number of aliphatic hydroxyl groups excluding tert-OH is 3. The standard InChI is InChI=1S/C23H35FO5S/c1-29-23(28)11-5-3-2-4-8-17-18(21(27)14-20(17)26)13-12-16(25)15-30-22-10-7-6-9-19(22)24/h6-7,9-10,16-18,20-21,25-27H,2-5,8,11-15H2,1H3/t16-,17?,18?,20+,21-/m1/s1. The number of aliphatic hydroxyl groups is 3. The largest absolute Gasteiger partial charge is 0.469 e. The summed E-state index contributed by atoms with van der Waals surface area (Å²) in [5, 5.41) is 31.0. The summed E-state index contributed by atoms with van der Waals surface area (Å²) in [7, 11) is 1.39. The molecule has 3 N–H and O–H groups in total. The molecule has 1 aliphatic rings. The summed E-state index contributed by atoms with van der Waals surface area (Å²) in [6.07, 6.45) is 4.85. The van der Waals surface area contributed by atoms with Gasteiger partial charge in [-0.1, -0.05) is 31.4 Å². The predicted octanol–water partition coefficient (Wildman–Crippen LogP) is 3.93. The molecule has 1 aromatic carbocycles. The van der Waals surface area contributed by atoms with Gasteiger partial charge in [-0.3, -0.25) is 4.79 Å². The van der Waals surface area contributed by atoms with Crippen LogP contribution in [0.2, 0.25) is 0 Å². The Kier molecular flexibility index (Phi) is 11.1. The zero-order valence-corrected chi connectivity index (χ0v) is 18.5. The monoisotopic (exact) mass is 442 g/mol. The van der Waals surface area contributed by atoms with Crippen LogP contribution in [0.5, 0.6) is 0 Å². The third-order valence-corrected chi connectivity index (χ3v) is 7.21. The van der Waals surface area contributed by atoms with E-state index in [-0.39, 0.29) is 23.6 Å². The summed E-state index contributed by atoms with van der Waals surface area (Å²) in [4.78, 5) is 11.6. The van der Waals surface area contributed by atoms with Gasteiger partial charge in [0.15, 0.2) is 0 Å². The van der Waals surface area contributed by atoms with Crippen LogP contribution in [-0.4, -0.2) is 52.5 Å². The molecule has 0 aliphatic heterocycles. The number of rotatable bonds is 13. The molecule has 1 aliphatic carbocycles. The Morgan fingerprint density at radius 3 is 2.50 bits per heavy atom. The lowest BCUT2D eigenvalue weighted by molar-refractivity contribution is -0.140. The number of halogens is 1. The van der Waals surface area contributed by atoms with Crippen LogP contribution in [0.15, 0.2) is 29.2 Å². The SMILES string of the molecule is COC(=O)CCCCCCC1C(CC[C@@H](O)CSc2ccccc2F)[C@H](O)C[C@@H]1O. The van der Waals surface area contributed by atoms with E-state index in [1.165, 1.54) is 24.9 Å². The second-order valence-electron chi connectivity index (χ2n) is 8.20. The molecular weight excluding hydrogens is 407 g/mol. The Bertz CT molecular complexity index is 644. The Balaban J connectivity index is 1.70. The molecule has 0 spiro atoms. The fourth-order valence-electron chi connectivity index (χ4n) is 4.30. The maximum absolute atomic E-state index is 13.7. The van der Waals surface area contributed by atoms with Crippen LogP contribution in [-0.2, 0) is 9.53 Å². The van der Waals surface area contributed by atoms with E-state index < -0.39 is 18.3 Å². The highest BCUT2D eigenvalue weighted by Gasteiger charge is 2.40. The molecule has 1 aromatic rings. The number of esters is 1. The topological polar surface area (TPSA) is 87.0 Å². The number of unbranched alkanes of at least 4 members (excludes halogenated alkanes) is 3. The van der Waals surface area contributed by atoms with Crippen LogP contribution in [0.4, 0.5) is 4.39 Å². The molecule has 0 bridgehead atoms. The minimum atomic E-state index is -0.585. The van der Waals surface area contributed by atoms with Crippen molar-refractivity contribution in [2.45, 2.75) is 81.0 Å². The fourth-order valence-corrected chi connectivity index (χ4v) is 5.22. The Labute approximate surface area is 183 Å². The predicted molar refractivity (Wildman–Crippen MR) is 116 cm³/mol. The Hall–Kier alpha value is -1.15. The second-order valence-corrected chi connectivity index (χ2v) is 9.26. The van der Waals surface area contributed by atoms with Crippen LogP contribution in [0.25, 0.3) is 0 Å². The third kappa shape index (κ3) is 8.17.